The van der Waals surface area contributed by atoms with Gasteiger partial charge in [0.2, 0.25) is 5.91 Å². The molecule has 2 aromatic carbocycles. The third kappa shape index (κ3) is 4.50. The fourth-order valence-corrected chi connectivity index (χ4v) is 3.09. The van der Waals surface area contributed by atoms with Crippen LogP contribution in [0.25, 0.3) is 0 Å². The molecule has 0 aliphatic carbocycles. The number of hydrazine groups is 1. The second-order valence-corrected chi connectivity index (χ2v) is 6.88. The number of nitrogens with one attached hydrogen (secondary N) is 4. The molecule has 1 atom stereocenters. The van der Waals surface area contributed by atoms with Gasteiger partial charge in [-0.1, -0.05) is 35.3 Å². The highest BCUT2D eigenvalue weighted by Gasteiger charge is 2.21. The highest BCUT2D eigenvalue weighted by molar-refractivity contribution is 6.37. The van der Waals surface area contributed by atoms with Crippen LogP contribution < -0.4 is 21.5 Å². The third-order valence-electron chi connectivity index (χ3n) is 4.05. The van der Waals surface area contributed by atoms with Gasteiger partial charge >= 0.3 is 11.8 Å². The number of hydrogen-bond acceptors (Lipinski definition) is 4. The molecule has 4 N–H and O–H groups in total. The highest BCUT2D eigenvalue weighted by atomic mass is 35.5. The molecule has 0 saturated heterocycles. The Kier molecular flexibility index (Phi) is 5.53. The summed E-state index contributed by atoms with van der Waals surface area (Å²) in [5.74, 6) is -1.74. The highest BCUT2D eigenvalue weighted by Crippen LogP contribution is 2.26. The summed E-state index contributed by atoms with van der Waals surface area (Å²) < 4.78 is 0. The van der Waals surface area contributed by atoms with Crippen molar-refractivity contribution in [1.29, 1.82) is 0 Å². The van der Waals surface area contributed by atoms with E-state index in [9.17, 15) is 14.4 Å². The van der Waals surface area contributed by atoms with E-state index in [0.717, 1.165) is 16.8 Å². The number of halogens is 2. The van der Waals surface area contributed by atoms with Crippen molar-refractivity contribution in [3.8, 4) is 0 Å². The van der Waals surface area contributed by atoms with Crippen LogP contribution >= 0.6 is 23.2 Å². The van der Waals surface area contributed by atoms with E-state index in [0.29, 0.717) is 22.2 Å². The van der Waals surface area contributed by atoms with Crippen molar-refractivity contribution < 1.29 is 14.4 Å². The molecule has 0 saturated carbocycles. The van der Waals surface area contributed by atoms with Gasteiger partial charge < -0.3 is 10.6 Å². The molecule has 140 valence electrons. The van der Waals surface area contributed by atoms with E-state index in [-0.39, 0.29) is 5.91 Å². The summed E-state index contributed by atoms with van der Waals surface area (Å²) >= 11 is 11.8. The molecule has 0 fully saturated rings. The molecule has 0 bridgehead atoms. The van der Waals surface area contributed by atoms with Gasteiger partial charge in [0, 0.05) is 10.7 Å². The Morgan fingerprint density at radius 1 is 1.11 bits per heavy atom. The lowest BCUT2D eigenvalue weighted by Crippen LogP contribution is -2.43. The summed E-state index contributed by atoms with van der Waals surface area (Å²) in [6, 6.07) is 9.67. The molecule has 2 aromatic rings. The van der Waals surface area contributed by atoms with Crippen LogP contribution in [0, 0.1) is 0 Å². The van der Waals surface area contributed by atoms with Crippen LogP contribution in [-0.2, 0) is 20.8 Å². The quantitative estimate of drug-likeness (QED) is 0.463. The second kappa shape index (κ2) is 7.85. The fraction of sp³-hybridized carbons (Fsp3) is 0.167. The van der Waals surface area contributed by atoms with Gasteiger partial charge in [0.05, 0.1) is 23.2 Å². The smallest absolute Gasteiger partial charge is 0.327 e. The van der Waals surface area contributed by atoms with Gasteiger partial charge in [-0.2, -0.15) is 0 Å². The molecule has 1 aliphatic heterocycles. The minimum Gasteiger partial charge on any atom is -0.341 e. The van der Waals surface area contributed by atoms with Crippen LogP contribution in [0.15, 0.2) is 36.4 Å². The summed E-state index contributed by atoms with van der Waals surface area (Å²) in [7, 11) is 0. The molecule has 3 amide bonds. The first kappa shape index (κ1) is 19.0. The molecule has 0 radical (unpaired) electrons. The van der Waals surface area contributed by atoms with Gasteiger partial charge in [0.1, 0.15) is 0 Å². The van der Waals surface area contributed by atoms with E-state index >= 15 is 0 Å². The number of fused-ring (bicyclic) bond motifs is 1. The lowest BCUT2D eigenvalue weighted by molar-refractivity contribution is -0.139. The molecule has 27 heavy (non-hydrogen) atoms. The number of anilines is 2. The second-order valence-electron chi connectivity index (χ2n) is 6.04. The van der Waals surface area contributed by atoms with E-state index in [1.807, 2.05) is 6.07 Å². The SMILES string of the molecule is CC(NC(=O)C(=O)NNc1ccc(Cl)cc1Cl)c1ccc2c(c1)CC(=O)N2. The van der Waals surface area contributed by atoms with Crippen LogP contribution in [0.4, 0.5) is 11.4 Å². The van der Waals surface area contributed by atoms with Gasteiger partial charge in [-0.3, -0.25) is 25.2 Å². The van der Waals surface area contributed by atoms with Crippen molar-refractivity contribution in [2.45, 2.75) is 19.4 Å². The van der Waals surface area contributed by atoms with Gasteiger partial charge in [-0.25, -0.2) is 0 Å². The number of carbonyl (C=O) groups excluding carboxylic acids is 3. The van der Waals surface area contributed by atoms with Gasteiger partial charge in [-0.05, 0) is 42.3 Å². The topological polar surface area (TPSA) is 99.3 Å². The summed E-state index contributed by atoms with van der Waals surface area (Å²) in [4.78, 5) is 35.5. The summed E-state index contributed by atoms with van der Waals surface area (Å²) in [6.07, 6.45) is 0.302. The first-order chi connectivity index (χ1) is 12.8. The number of benzene rings is 2. The number of amides is 3. The van der Waals surface area contributed by atoms with Crippen LogP contribution in [-0.4, -0.2) is 17.7 Å². The Hall–Kier alpha value is -2.77. The van der Waals surface area contributed by atoms with E-state index in [2.05, 4.69) is 21.5 Å². The Balaban J connectivity index is 1.57. The fourth-order valence-electron chi connectivity index (χ4n) is 2.64. The zero-order valence-corrected chi connectivity index (χ0v) is 15.7. The molecule has 1 aliphatic rings. The maximum absolute atomic E-state index is 12.1. The van der Waals surface area contributed by atoms with Gasteiger partial charge in [0.25, 0.3) is 0 Å². The van der Waals surface area contributed by atoms with Crippen molar-refractivity contribution in [2.24, 2.45) is 0 Å². The van der Waals surface area contributed by atoms with Crippen molar-refractivity contribution >= 4 is 52.3 Å². The first-order valence-corrected chi connectivity index (χ1v) is 8.83. The molecule has 9 heteroatoms. The lowest BCUT2D eigenvalue weighted by Gasteiger charge is -2.16. The zero-order chi connectivity index (χ0) is 19.6. The van der Waals surface area contributed by atoms with Crippen LogP contribution in [0.1, 0.15) is 24.1 Å². The minimum atomic E-state index is -0.870. The van der Waals surface area contributed by atoms with E-state index < -0.39 is 17.9 Å². The summed E-state index contributed by atoms with van der Waals surface area (Å²) in [5, 5.41) is 6.11. The Morgan fingerprint density at radius 3 is 2.63 bits per heavy atom. The van der Waals surface area contributed by atoms with Crippen LogP contribution in [0.5, 0.6) is 0 Å². The average Bonchev–Trinajstić information content (AvgIpc) is 2.99. The largest absolute Gasteiger partial charge is 0.341 e. The van der Waals surface area contributed by atoms with Crippen molar-refractivity contribution in [1.82, 2.24) is 10.7 Å². The molecular weight excluding hydrogens is 391 g/mol. The Morgan fingerprint density at radius 2 is 1.89 bits per heavy atom. The zero-order valence-electron chi connectivity index (χ0n) is 14.2. The van der Waals surface area contributed by atoms with Crippen molar-refractivity contribution in [2.75, 3.05) is 10.7 Å². The molecule has 0 spiro atoms. The number of hydrogen-bond donors (Lipinski definition) is 4. The molecular formula is C18H16Cl2N4O3. The Labute approximate surface area is 165 Å². The predicted molar refractivity (Wildman–Crippen MR) is 104 cm³/mol. The molecule has 7 nitrogen and oxygen atoms in total. The van der Waals surface area contributed by atoms with E-state index in [1.54, 1.807) is 31.2 Å². The monoisotopic (exact) mass is 406 g/mol. The third-order valence-corrected chi connectivity index (χ3v) is 4.60. The summed E-state index contributed by atoms with van der Waals surface area (Å²) in [6.45, 7) is 1.75. The normalized spacial score (nSPS) is 13.4. The average molecular weight is 407 g/mol. The minimum absolute atomic E-state index is 0.0647. The van der Waals surface area contributed by atoms with Gasteiger partial charge in [0.15, 0.2) is 0 Å². The van der Waals surface area contributed by atoms with Crippen molar-refractivity contribution in [3.05, 3.63) is 57.6 Å². The molecule has 3 rings (SSSR count). The Bertz CT molecular complexity index is 933. The molecule has 1 heterocycles. The number of rotatable bonds is 4. The van der Waals surface area contributed by atoms with Crippen molar-refractivity contribution in [3.63, 3.8) is 0 Å². The lowest BCUT2D eigenvalue weighted by atomic mass is 10.0. The van der Waals surface area contributed by atoms with Crippen LogP contribution in [0.2, 0.25) is 10.0 Å². The standard InChI is InChI=1S/C18H16Cl2N4O3/c1-9(10-2-4-14-11(6-10)7-16(25)22-14)21-17(26)18(27)24-23-15-5-3-12(19)8-13(15)20/h2-6,8-9,23H,7H2,1H3,(H,21,26)(H,22,25)(H,24,27). The number of carbonyl (C=O) groups is 3. The maximum atomic E-state index is 12.1. The van der Waals surface area contributed by atoms with E-state index in [4.69, 9.17) is 23.2 Å². The molecule has 0 aromatic heterocycles. The molecule has 1 unspecified atom stereocenters. The van der Waals surface area contributed by atoms with Gasteiger partial charge in [-0.15, -0.1) is 0 Å². The van der Waals surface area contributed by atoms with E-state index in [1.165, 1.54) is 6.07 Å². The maximum Gasteiger partial charge on any atom is 0.327 e. The van der Waals surface area contributed by atoms with Crippen LogP contribution in [0.3, 0.4) is 0 Å². The summed E-state index contributed by atoms with van der Waals surface area (Å²) in [5.41, 5.74) is 7.69. The predicted octanol–water partition coefficient (Wildman–Crippen LogP) is 2.81. The first-order valence-electron chi connectivity index (χ1n) is 8.08.